The number of aliphatic hydroxyl groups excluding tert-OH is 2. The van der Waals surface area contributed by atoms with Crippen LogP contribution in [-0.4, -0.2) is 53.1 Å². The molecule has 2 atom stereocenters. The molecule has 0 heterocycles. The Kier molecular flexibility index (Phi) is 6.11. The van der Waals surface area contributed by atoms with Crippen molar-refractivity contribution in [2.45, 2.75) is 44.0 Å². The first kappa shape index (κ1) is 15.5. The normalized spacial score (nSPS) is 22.4. The maximum atomic E-state index is 12.2. The summed E-state index contributed by atoms with van der Waals surface area (Å²) in [5.41, 5.74) is 0. The lowest BCUT2D eigenvalue weighted by atomic mass is 10.0. The summed E-state index contributed by atoms with van der Waals surface area (Å²) in [5.74, 6) is 0. The predicted molar refractivity (Wildman–Crippen MR) is 62.1 cm³/mol. The van der Waals surface area contributed by atoms with Gasteiger partial charge in [-0.15, -0.1) is 0 Å². The smallest absolute Gasteiger partial charge is 0.390 e. The Labute approximate surface area is 105 Å². The molecule has 0 amide bonds. The molecule has 2 N–H and O–H groups in total. The van der Waals surface area contributed by atoms with Gasteiger partial charge in [-0.1, -0.05) is 12.2 Å². The van der Waals surface area contributed by atoms with Crippen LogP contribution in [-0.2, 0) is 0 Å². The Morgan fingerprint density at radius 1 is 1.39 bits per heavy atom. The SMILES string of the molecule is OC[C@@H](O)CN(CCC(F)(F)F)C1C=CCCC1. The van der Waals surface area contributed by atoms with Gasteiger partial charge < -0.3 is 10.2 Å². The van der Waals surface area contributed by atoms with Gasteiger partial charge >= 0.3 is 6.18 Å². The topological polar surface area (TPSA) is 43.7 Å². The number of alkyl halides is 3. The molecule has 0 saturated heterocycles. The predicted octanol–water partition coefficient (Wildman–Crippen LogP) is 1.70. The van der Waals surface area contributed by atoms with Crippen molar-refractivity contribution in [3.8, 4) is 0 Å². The van der Waals surface area contributed by atoms with Gasteiger partial charge in [0.15, 0.2) is 0 Å². The van der Waals surface area contributed by atoms with E-state index in [0.29, 0.717) is 0 Å². The van der Waals surface area contributed by atoms with Crippen LogP contribution < -0.4 is 0 Å². The zero-order valence-electron chi connectivity index (χ0n) is 10.2. The third-order valence-corrected chi connectivity index (χ3v) is 3.04. The van der Waals surface area contributed by atoms with Gasteiger partial charge in [-0.25, -0.2) is 0 Å². The average Bonchev–Trinajstić information content (AvgIpc) is 2.34. The van der Waals surface area contributed by atoms with Gasteiger partial charge in [0.1, 0.15) is 0 Å². The molecule has 0 radical (unpaired) electrons. The van der Waals surface area contributed by atoms with Crippen molar-refractivity contribution in [2.75, 3.05) is 19.7 Å². The first-order valence-electron chi connectivity index (χ1n) is 6.19. The summed E-state index contributed by atoms with van der Waals surface area (Å²) in [6, 6.07) is -0.0673. The van der Waals surface area contributed by atoms with E-state index in [1.54, 1.807) is 4.90 Å². The molecule has 0 aromatic heterocycles. The second-order valence-corrected chi connectivity index (χ2v) is 4.62. The van der Waals surface area contributed by atoms with E-state index in [4.69, 9.17) is 5.11 Å². The van der Waals surface area contributed by atoms with Crippen LogP contribution in [0.3, 0.4) is 0 Å². The van der Waals surface area contributed by atoms with E-state index in [1.165, 1.54) is 0 Å². The van der Waals surface area contributed by atoms with Gasteiger partial charge in [-0.2, -0.15) is 13.2 Å². The summed E-state index contributed by atoms with van der Waals surface area (Å²) in [4.78, 5) is 1.60. The molecule has 1 aliphatic rings. The summed E-state index contributed by atoms with van der Waals surface area (Å²) in [5, 5.41) is 18.2. The van der Waals surface area contributed by atoms with Gasteiger partial charge in [0, 0.05) is 19.1 Å². The van der Waals surface area contributed by atoms with Crippen molar-refractivity contribution in [1.29, 1.82) is 0 Å². The van der Waals surface area contributed by atoms with Crippen molar-refractivity contribution in [2.24, 2.45) is 0 Å². The first-order valence-corrected chi connectivity index (χ1v) is 6.19. The molecule has 0 spiro atoms. The van der Waals surface area contributed by atoms with E-state index in [2.05, 4.69) is 0 Å². The molecular weight excluding hydrogens is 247 g/mol. The molecule has 0 bridgehead atoms. The molecule has 0 saturated carbocycles. The molecule has 0 aliphatic heterocycles. The number of hydrogen-bond acceptors (Lipinski definition) is 3. The van der Waals surface area contributed by atoms with Crippen LogP contribution in [0, 0.1) is 0 Å². The minimum atomic E-state index is -4.19. The standard InChI is InChI=1S/C12H20F3NO2/c13-12(14,15)6-7-16(8-11(18)9-17)10-4-2-1-3-5-10/h2,4,10-11,17-18H,1,3,5-9H2/t10?,11-/m0/s1. The monoisotopic (exact) mass is 267 g/mol. The Balaban J connectivity index is 2.56. The molecule has 1 unspecified atom stereocenters. The van der Waals surface area contributed by atoms with Gasteiger partial charge in [-0.3, -0.25) is 4.90 Å². The van der Waals surface area contributed by atoms with E-state index in [1.807, 2.05) is 12.2 Å². The highest BCUT2D eigenvalue weighted by molar-refractivity contribution is 4.99. The second kappa shape index (κ2) is 7.11. The third kappa shape index (κ3) is 5.84. The lowest BCUT2D eigenvalue weighted by Crippen LogP contribution is -2.43. The number of aliphatic hydroxyl groups is 2. The maximum Gasteiger partial charge on any atom is 0.390 e. The van der Waals surface area contributed by atoms with Crippen LogP contribution in [0.1, 0.15) is 25.7 Å². The Hall–Kier alpha value is -0.590. The van der Waals surface area contributed by atoms with Crippen LogP contribution in [0.15, 0.2) is 12.2 Å². The number of halogens is 3. The molecule has 18 heavy (non-hydrogen) atoms. The summed E-state index contributed by atoms with van der Waals surface area (Å²) in [7, 11) is 0. The van der Waals surface area contributed by atoms with E-state index in [9.17, 15) is 18.3 Å². The van der Waals surface area contributed by atoms with Gasteiger partial charge in [-0.05, 0) is 19.3 Å². The van der Waals surface area contributed by atoms with E-state index in [0.717, 1.165) is 19.3 Å². The molecule has 6 heteroatoms. The minimum absolute atomic E-state index is 0.0673. The quantitative estimate of drug-likeness (QED) is 0.720. The maximum absolute atomic E-state index is 12.2. The Bertz CT molecular complexity index is 269. The molecule has 1 aliphatic carbocycles. The number of nitrogens with zero attached hydrogens (tertiary/aromatic N) is 1. The molecule has 1 rings (SSSR count). The molecule has 0 fully saturated rings. The highest BCUT2D eigenvalue weighted by atomic mass is 19.4. The van der Waals surface area contributed by atoms with Crippen LogP contribution in [0.2, 0.25) is 0 Å². The highest BCUT2D eigenvalue weighted by Crippen LogP contribution is 2.23. The fourth-order valence-corrected chi connectivity index (χ4v) is 2.09. The molecule has 3 nitrogen and oxygen atoms in total. The van der Waals surface area contributed by atoms with Crippen molar-refractivity contribution in [1.82, 2.24) is 4.90 Å². The molecule has 0 aromatic rings. The van der Waals surface area contributed by atoms with Crippen molar-refractivity contribution in [3.63, 3.8) is 0 Å². The summed E-state index contributed by atoms with van der Waals surface area (Å²) < 4.78 is 36.7. The average molecular weight is 267 g/mol. The van der Waals surface area contributed by atoms with E-state index < -0.39 is 25.3 Å². The lowest BCUT2D eigenvalue weighted by molar-refractivity contribution is -0.139. The number of hydrogen-bond donors (Lipinski definition) is 2. The fourth-order valence-electron chi connectivity index (χ4n) is 2.09. The zero-order valence-corrected chi connectivity index (χ0v) is 10.2. The zero-order chi connectivity index (χ0) is 13.6. The Morgan fingerprint density at radius 3 is 2.61 bits per heavy atom. The molecule has 0 aromatic carbocycles. The van der Waals surface area contributed by atoms with Crippen LogP contribution >= 0.6 is 0 Å². The highest BCUT2D eigenvalue weighted by Gasteiger charge is 2.30. The first-order chi connectivity index (χ1) is 8.42. The minimum Gasteiger partial charge on any atom is -0.394 e. The van der Waals surface area contributed by atoms with Gasteiger partial charge in [0.25, 0.3) is 0 Å². The molecule has 106 valence electrons. The van der Waals surface area contributed by atoms with E-state index >= 15 is 0 Å². The van der Waals surface area contributed by atoms with Crippen LogP contribution in [0.5, 0.6) is 0 Å². The lowest BCUT2D eigenvalue weighted by Gasteiger charge is -2.32. The molecular formula is C12H20F3NO2. The van der Waals surface area contributed by atoms with Crippen LogP contribution in [0.4, 0.5) is 13.2 Å². The third-order valence-electron chi connectivity index (χ3n) is 3.04. The van der Waals surface area contributed by atoms with Crippen molar-refractivity contribution < 1.29 is 23.4 Å². The summed E-state index contributed by atoms with van der Waals surface area (Å²) >= 11 is 0. The second-order valence-electron chi connectivity index (χ2n) is 4.62. The largest absolute Gasteiger partial charge is 0.394 e. The van der Waals surface area contributed by atoms with Gasteiger partial charge in [0.05, 0.1) is 19.1 Å². The number of allylic oxidation sites excluding steroid dienone is 1. The van der Waals surface area contributed by atoms with Gasteiger partial charge in [0.2, 0.25) is 0 Å². The van der Waals surface area contributed by atoms with Crippen molar-refractivity contribution in [3.05, 3.63) is 12.2 Å². The summed E-state index contributed by atoms with van der Waals surface area (Å²) in [6.07, 6.45) is 0.464. The van der Waals surface area contributed by atoms with Crippen LogP contribution in [0.25, 0.3) is 0 Å². The van der Waals surface area contributed by atoms with E-state index in [-0.39, 0.29) is 19.1 Å². The van der Waals surface area contributed by atoms with Crippen molar-refractivity contribution >= 4 is 0 Å². The Morgan fingerprint density at radius 2 is 2.11 bits per heavy atom. The summed E-state index contributed by atoms with van der Waals surface area (Å²) in [6.45, 7) is -0.504. The number of rotatable bonds is 6. The fraction of sp³-hybridized carbons (Fsp3) is 0.833.